The van der Waals surface area contributed by atoms with E-state index in [0.29, 0.717) is 12.1 Å². The lowest BCUT2D eigenvalue weighted by atomic mass is 10.1. The number of ether oxygens (including phenoxy) is 3. The van der Waals surface area contributed by atoms with E-state index in [1.807, 2.05) is 0 Å². The number of hydrogen-bond acceptors (Lipinski definition) is 6. The van der Waals surface area contributed by atoms with Crippen LogP contribution in [0.5, 0.6) is 5.75 Å². The van der Waals surface area contributed by atoms with Gasteiger partial charge in [0.25, 0.3) is 11.8 Å². The zero-order valence-corrected chi connectivity index (χ0v) is 20.6. The van der Waals surface area contributed by atoms with Gasteiger partial charge in [-0.1, -0.05) is 0 Å². The highest BCUT2D eigenvalue weighted by Crippen LogP contribution is 2.43. The molecule has 2 unspecified atom stereocenters. The van der Waals surface area contributed by atoms with Gasteiger partial charge in [-0.3, -0.25) is 14.5 Å². The minimum absolute atomic E-state index is 0.0164. The van der Waals surface area contributed by atoms with Crippen LogP contribution in [0, 0.1) is 19.7 Å². The van der Waals surface area contributed by atoms with Crippen molar-refractivity contribution in [3.63, 3.8) is 0 Å². The Bertz CT molecular complexity index is 1280. The van der Waals surface area contributed by atoms with E-state index in [0.717, 1.165) is 17.0 Å². The molecule has 2 fully saturated rings. The second-order valence-corrected chi connectivity index (χ2v) is 9.74. The summed E-state index contributed by atoms with van der Waals surface area (Å²) in [5.41, 5.74) is -0.481. The first kappa shape index (κ1) is 25.4. The summed E-state index contributed by atoms with van der Waals surface area (Å²) < 4.78 is 72.4. The Hall–Kier alpha value is -3.25. The summed E-state index contributed by atoms with van der Waals surface area (Å²) in [6, 6.07) is 2.82. The third kappa shape index (κ3) is 4.31. The summed E-state index contributed by atoms with van der Waals surface area (Å²) in [6.45, 7) is 6.45. The highest BCUT2D eigenvalue weighted by atomic mass is 19.4. The first-order valence-corrected chi connectivity index (χ1v) is 11.8. The molecule has 1 aromatic carbocycles. The van der Waals surface area contributed by atoms with Crippen molar-refractivity contribution >= 4 is 23.3 Å². The molecule has 8 nitrogen and oxygen atoms in total. The van der Waals surface area contributed by atoms with Crippen LogP contribution in [0.15, 0.2) is 24.3 Å². The molecule has 1 aromatic heterocycles. The largest absolute Gasteiger partial charge is 0.491 e. The molecular weight excluding hydrogens is 498 g/mol. The maximum atomic E-state index is 14.3. The van der Waals surface area contributed by atoms with Gasteiger partial charge < -0.3 is 19.1 Å². The van der Waals surface area contributed by atoms with Crippen LogP contribution in [0.3, 0.4) is 0 Å². The Morgan fingerprint density at radius 2 is 1.89 bits per heavy atom. The molecule has 3 atom stereocenters. The van der Waals surface area contributed by atoms with Crippen LogP contribution in [-0.2, 0) is 25.2 Å². The summed E-state index contributed by atoms with van der Waals surface area (Å²) in [6.07, 6.45) is -6.63. The lowest BCUT2D eigenvalue weighted by Gasteiger charge is -2.33. The predicted octanol–water partition coefficient (Wildman–Crippen LogP) is 3.91. The van der Waals surface area contributed by atoms with Gasteiger partial charge in [-0.25, -0.2) is 9.37 Å². The Balaban J connectivity index is 1.63. The molecule has 2 aromatic rings. The van der Waals surface area contributed by atoms with E-state index >= 15 is 0 Å². The number of hydrogen-bond donors (Lipinski definition) is 0. The van der Waals surface area contributed by atoms with Crippen molar-refractivity contribution in [1.82, 2.24) is 4.98 Å². The van der Waals surface area contributed by atoms with E-state index < -0.39 is 53.4 Å². The number of pyridine rings is 1. The number of fused-ring (bicyclic) bond motifs is 2. The van der Waals surface area contributed by atoms with Crippen LogP contribution in [0.2, 0.25) is 0 Å². The van der Waals surface area contributed by atoms with Gasteiger partial charge >= 0.3 is 6.18 Å². The van der Waals surface area contributed by atoms with Gasteiger partial charge in [-0.05, 0) is 58.4 Å². The fraction of sp³-hybridized carbons (Fsp3) is 0.480. The molecule has 12 heteroatoms. The highest BCUT2D eigenvalue weighted by molar-refractivity contribution is 6.11. The summed E-state index contributed by atoms with van der Waals surface area (Å²) in [4.78, 5) is 34.1. The molecule has 37 heavy (non-hydrogen) atoms. The average molecular weight is 523 g/mol. The molecule has 0 aliphatic carbocycles. The number of nitrogens with zero attached hydrogens (tertiary/aromatic N) is 3. The van der Waals surface area contributed by atoms with Crippen LogP contribution >= 0.6 is 0 Å². The first-order valence-electron chi connectivity index (χ1n) is 11.8. The van der Waals surface area contributed by atoms with E-state index in [-0.39, 0.29) is 36.0 Å². The number of amides is 2. The zero-order chi connectivity index (χ0) is 26.9. The van der Waals surface area contributed by atoms with Crippen molar-refractivity contribution in [1.29, 1.82) is 0 Å². The van der Waals surface area contributed by atoms with Crippen molar-refractivity contribution in [2.24, 2.45) is 0 Å². The third-order valence-electron chi connectivity index (χ3n) is 6.61. The minimum Gasteiger partial charge on any atom is -0.491 e. The first-order chi connectivity index (χ1) is 17.3. The molecule has 0 N–H and O–H groups in total. The minimum atomic E-state index is -4.70. The molecule has 0 radical (unpaired) electrons. The Kier molecular flexibility index (Phi) is 5.94. The lowest BCUT2D eigenvalue weighted by molar-refractivity contribution is -0.161. The third-order valence-corrected chi connectivity index (χ3v) is 6.61. The Morgan fingerprint density at radius 1 is 1.16 bits per heavy atom. The number of aryl methyl sites for hydroxylation is 1. The summed E-state index contributed by atoms with van der Waals surface area (Å²) >= 11 is 0. The topological polar surface area (TPSA) is 81.2 Å². The number of halogens is 4. The van der Waals surface area contributed by atoms with Gasteiger partial charge in [0.15, 0.2) is 11.9 Å². The normalized spacial score (nSPS) is 25.0. The predicted molar refractivity (Wildman–Crippen MR) is 123 cm³/mol. The molecule has 198 valence electrons. The SMILES string of the molecule is Cc1cc(C(F)(F)F)cc(N2C(=O)C3OC(C)(C)OC3[C@H]2C(=O)N2CCCOc3c2ccc(F)c3C)n1. The second-order valence-electron chi connectivity index (χ2n) is 9.74. The summed E-state index contributed by atoms with van der Waals surface area (Å²) in [5, 5.41) is 0. The van der Waals surface area contributed by atoms with Crippen molar-refractivity contribution in [3.05, 3.63) is 46.9 Å². The van der Waals surface area contributed by atoms with Gasteiger partial charge in [0, 0.05) is 17.8 Å². The highest BCUT2D eigenvalue weighted by Gasteiger charge is 2.61. The van der Waals surface area contributed by atoms with E-state index in [2.05, 4.69) is 4.98 Å². The van der Waals surface area contributed by atoms with Crippen molar-refractivity contribution in [3.8, 4) is 5.75 Å². The number of aromatic nitrogens is 1. The molecule has 2 amide bonds. The van der Waals surface area contributed by atoms with Crippen molar-refractivity contribution < 1.29 is 41.4 Å². The van der Waals surface area contributed by atoms with Crippen molar-refractivity contribution in [2.75, 3.05) is 23.0 Å². The fourth-order valence-corrected chi connectivity index (χ4v) is 5.03. The Morgan fingerprint density at radius 3 is 2.59 bits per heavy atom. The Labute approximate surface area is 210 Å². The van der Waals surface area contributed by atoms with Gasteiger partial charge in [0.05, 0.1) is 17.9 Å². The molecular formula is C25H25F4N3O5. The van der Waals surface area contributed by atoms with E-state index in [9.17, 15) is 27.2 Å². The van der Waals surface area contributed by atoms with Crippen LogP contribution in [0.1, 0.15) is 37.1 Å². The fourth-order valence-electron chi connectivity index (χ4n) is 5.03. The number of rotatable bonds is 2. The van der Waals surface area contributed by atoms with Crippen LogP contribution in [-0.4, -0.2) is 54.0 Å². The van der Waals surface area contributed by atoms with Gasteiger partial charge in [-0.15, -0.1) is 0 Å². The number of carbonyl (C=O) groups excluding carboxylic acids is 2. The number of anilines is 2. The molecule has 0 bridgehead atoms. The zero-order valence-electron chi connectivity index (χ0n) is 20.6. The van der Waals surface area contributed by atoms with Crippen molar-refractivity contribution in [2.45, 2.75) is 64.3 Å². The van der Waals surface area contributed by atoms with Gasteiger partial charge in [0.1, 0.15) is 29.5 Å². The molecule has 0 spiro atoms. The molecule has 3 aliphatic heterocycles. The van der Waals surface area contributed by atoms with Crippen LogP contribution in [0.25, 0.3) is 0 Å². The number of carbonyl (C=O) groups is 2. The number of alkyl halides is 3. The lowest BCUT2D eigenvalue weighted by Crippen LogP contribution is -2.52. The van der Waals surface area contributed by atoms with E-state index in [4.69, 9.17) is 14.2 Å². The van der Waals surface area contributed by atoms with Crippen LogP contribution in [0.4, 0.5) is 29.1 Å². The molecule has 5 rings (SSSR count). The monoisotopic (exact) mass is 523 g/mol. The summed E-state index contributed by atoms with van der Waals surface area (Å²) in [5.74, 6) is -3.22. The summed E-state index contributed by atoms with van der Waals surface area (Å²) in [7, 11) is 0. The maximum Gasteiger partial charge on any atom is 0.416 e. The van der Waals surface area contributed by atoms with Gasteiger partial charge in [0.2, 0.25) is 0 Å². The number of benzene rings is 1. The molecule has 3 aliphatic rings. The smallest absolute Gasteiger partial charge is 0.416 e. The quantitative estimate of drug-likeness (QED) is 0.556. The standard InChI is InChI=1S/C25H25F4N3O5/c1-12-10-14(25(27,28)29)11-17(30-12)32-18(20-21(23(32)34)37-24(3,4)36-20)22(33)31-8-5-9-35-19-13(2)15(26)6-7-16(19)31/h6-7,10-11,18,20-21H,5,8-9H2,1-4H3/t18-,20?,21?/m0/s1. The van der Waals surface area contributed by atoms with E-state index in [1.54, 1.807) is 13.8 Å². The molecule has 2 saturated heterocycles. The van der Waals surface area contributed by atoms with E-state index in [1.165, 1.54) is 30.9 Å². The molecule has 4 heterocycles. The van der Waals surface area contributed by atoms with Crippen LogP contribution < -0.4 is 14.5 Å². The van der Waals surface area contributed by atoms with Gasteiger partial charge in [-0.2, -0.15) is 13.2 Å². The average Bonchev–Trinajstić information content (AvgIpc) is 3.14. The second kappa shape index (κ2) is 8.66. The molecule has 0 saturated carbocycles. The maximum absolute atomic E-state index is 14.3.